The molecule has 0 N–H and O–H groups in total. The number of hydrogen-bond donors (Lipinski definition) is 0. The summed E-state index contributed by atoms with van der Waals surface area (Å²) in [5.74, 6) is 2.99. The largest absolute Gasteiger partial charge is 0.149 e. The normalized spacial score (nSPS) is 31.7. The van der Waals surface area contributed by atoms with Gasteiger partial charge < -0.3 is 0 Å². The van der Waals surface area contributed by atoms with E-state index in [4.69, 9.17) is 0 Å². The van der Waals surface area contributed by atoms with Gasteiger partial charge in [0.25, 0.3) is 0 Å². The molecule has 1 saturated heterocycles. The highest BCUT2D eigenvalue weighted by Gasteiger charge is 2.45. The van der Waals surface area contributed by atoms with Crippen LogP contribution in [0.2, 0.25) is 17.5 Å². The van der Waals surface area contributed by atoms with E-state index in [1.807, 2.05) is 0 Å². The summed E-state index contributed by atoms with van der Waals surface area (Å²) in [7, 11) is 0. The van der Waals surface area contributed by atoms with Gasteiger partial charge in [-0.1, -0.05) is 83.7 Å². The molecule has 0 radical (unpaired) electrons. The summed E-state index contributed by atoms with van der Waals surface area (Å²) in [6.07, 6.45) is 10.6. The Morgan fingerprint density at radius 3 is 2.31 bits per heavy atom. The SMILES string of the molecule is CC(C)C(C)(C)B1CCC[C@H]2CCCC[C@H]12. The summed E-state index contributed by atoms with van der Waals surface area (Å²) in [5.41, 5.74) is 0. The third-order valence-corrected chi connectivity index (χ3v) is 6.02. The minimum absolute atomic E-state index is 0.556. The molecule has 2 fully saturated rings. The topological polar surface area (TPSA) is 0 Å². The van der Waals surface area contributed by atoms with Crippen molar-refractivity contribution in [3.05, 3.63) is 0 Å². The standard InChI is InChI=1S/C15H29B/c1-12(2)15(3,4)16-11-7-9-13-8-5-6-10-14(13)16/h12-14H,5-11H2,1-4H3/t13-,14+/m1/s1. The minimum atomic E-state index is 0.556. The third kappa shape index (κ3) is 2.20. The second kappa shape index (κ2) is 4.74. The van der Waals surface area contributed by atoms with Crippen molar-refractivity contribution in [2.24, 2.45) is 11.8 Å². The monoisotopic (exact) mass is 220 g/mol. The Labute approximate surface area is 103 Å². The van der Waals surface area contributed by atoms with Crippen LogP contribution in [-0.2, 0) is 0 Å². The van der Waals surface area contributed by atoms with E-state index in [1.165, 1.54) is 44.8 Å². The lowest BCUT2D eigenvalue weighted by Gasteiger charge is -2.48. The summed E-state index contributed by atoms with van der Waals surface area (Å²) in [6.45, 7) is 10.9. The lowest BCUT2D eigenvalue weighted by Crippen LogP contribution is -2.42. The Morgan fingerprint density at radius 1 is 1.00 bits per heavy atom. The predicted octanol–water partition coefficient (Wildman–Crippen LogP) is 5.27. The summed E-state index contributed by atoms with van der Waals surface area (Å²) in [5, 5.41) is 0.556. The molecule has 0 aromatic rings. The van der Waals surface area contributed by atoms with Gasteiger partial charge in [-0.3, -0.25) is 0 Å². The molecule has 1 heteroatoms. The first kappa shape index (κ1) is 12.5. The highest BCUT2D eigenvalue weighted by molar-refractivity contribution is 6.64. The predicted molar refractivity (Wildman–Crippen MR) is 74.4 cm³/mol. The maximum absolute atomic E-state index is 2.53. The molecule has 0 amide bonds. The molecule has 0 aromatic heterocycles. The van der Waals surface area contributed by atoms with Crippen LogP contribution in [0.5, 0.6) is 0 Å². The molecule has 1 saturated carbocycles. The van der Waals surface area contributed by atoms with Crippen LogP contribution in [0.15, 0.2) is 0 Å². The van der Waals surface area contributed by atoms with E-state index < -0.39 is 0 Å². The van der Waals surface area contributed by atoms with E-state index in [9.17, 15) is 0 Å². The van der Waals surface area contributed by atoms with Gasteiger partial charge >= 0.3 is 0 Å². The van der Waals surface area contributed by atoms with Gasteiger partial charge in [-0.25, -0.2) is 0 Å². The highest BCUT2D eigenvalue weighted by atomic mass is 14.3. The van der Waals surface area contributed by atoms with Crippen molar-refractivity contribution in [1.82, 2.24) is 0 Å². The number of hydrogen-bond acceptors (Lipinski definition) is 0. The van der Waals surface area contributed by atoms with E-state index in [2.05, 4.69) is 27.7 Å². The van der Waals surface area contributed by atoms with E-state index in [-0.39, 0.29) is 0 Å². The molecular formula is C15H29B. The first-order valence-corrected chi connectivity index (χ1v) is 7.53. The maximum atomic E-state index is 2.53. The Kier molecular flexibility index (Phi) is 3.71. The smallest absolute Gasteiger partial charge is 0.0735 e. The van der Waals surface area contributed by atoms with E-state index >= 15 is 0 Å². The van der Waals surface area contributed by atoms with Gasteiger partial charge in [0.15, 0.2) is 0 Å². The molecule has 0 bridgehead atoms. The van der Waals surface area contributed by atoms with Crippen molar-refractivity contribution >= 4 is 6.71 Å². The Morgan fingerprint density at radius 2 is 1.62 bits per heavy atom. The summed E-state index contributed by atoms with van der Waals surface area (Å²) in [4.78, 5) is 0. The zero-order valence-electron chi connectivity index (χ0n) is 11.8. The Bertz CT molecular complexity index is 230. The maximum Gasteiger partial charge on any atom is 0.149 e. The van der Waals surface area contributed by atoms with Crippen molar-refractivity contribution in [2.75, 3.05) is 0 Å². The van der Waals surface area contributed by atoms with E-state index in [0.717, 1.165) is 24.4 Å². The lowest BCUT2D eigenvalue weighted by atomic mass is 9.20. The highest BCUT2D eigenvalue weighted by Crippen LogP contribution is 2.53. The Hall–Kier alpha value is 0.0649. The molecule has 1 aliphatic carbocycles. The van der Waals surface area contributed by atoms with Crippen molar-refractivity contribution in [3.8, 4) is 0 Å². The first-order chi connectivity index (χ1) is 7.53. The lowest BCUT2D eigenvalue weighted by molar-refractivity contribution is 0.302. The van der Waals surface area contributed by atoms with Crippen molar-refractivity contribution < 1.29 is 0 Å². The molecule has 16 heavy (non-hydrogen) atoms. The molecule has 0 unspecified atom stereocenters. The zero-order chi connectivity index (χ0) is 11.8. The van der Waals surface area contributed by atoms with Crippen molar-refractivity contribution in [2.45, 2.75) is 83.7 Å². The quantitative estimate of drug-likeness (QED) is 0.556. The fraction of sp³-hybridized carbons (Fsp3) is 1.00. The van der Waals surface area contributed by atoms with Crippen LogP contribution in [0.4, 0.5) is 0 Å². The fourth-order valence-corrected chi connectivity index (χ4v) is 4.29. The van der Waals surface area contributed by atoms with Crippen molar-refractivity contribution in [1.29, 1.82) is 0 Å². The molecule has 2 rings (SSSR count). The second-order valence-corrected chi connectivity index (χ2v) is 7.22. The van der Waals surface area contributed by atoms with Crippen molar-refractivity contribution in [3.63, 3.8) is 0 Å². The number of rotatable bonds is 2. The third-order valence-electron chi connectivity index (χ3n) is 6.02. The average molecular weight is 220 g/mol. The van der Waals surface area contributed by atoms with Gasteiger partial charge in [0, 0.05) is 0 Å². The number of fused-ring (bicyclic) bond motifs is 1. The first-order valence-electron chi connectivity index (χ1n) is 7.53. The molecular weight excluding hydrogens is 191 g/mol. The summed E-state index contributed by atoms with van der Waals surface area (Å²) >= 11 is 0. The van der Waals surface area contributed by atoms with Gasteiger partial charge in [-0.2, -0.15) is 0 Å². The van der Waals surface area contributed by atoms with Gasteiger partial charge in [0.05, 0.1) is 0 Å². The fourth-order valence-electron chi connectivity index (χ4n) is 4.29. The van der Waals surface area contributed by atoms with Gasteiger partial charge in [0.2, 0.25) is 0 Å². The average Bonchev–Trinajstić information content (AvgIpc) is 2.28. The Balaban J connectivity index is 2.13. The molecule has 0 aromatic carbocycles. The van der Waals surface area contributed by atoms with Gasteiger partial charge in [-0.15, -0.1) is 0 Å². The van der Waals surface area contributed by atoms with Crippen LogP contribution in [0, 0.1) is 11.8 Å². The van der Waals surface area contributed by atoms with Crippen LogP contribution >= 0.6 is 0 Å². The summed E-state index contributed by atoms with van der Waals surface area (Å²) < 4.78 is 0. The second-order valence-electron chi connectivity index (χ2n) is 7.22. The summed E-state index contributed by atoms with van der Waals surface area (Å²) in [6, 6.07) is 0. The van der Waals surface area contributed by atoms with Crippen LogP contribution in [0.1, 0.15) is 66.2 Å². The van der Waals surface area contributed by atoms with Gasteiger partial charge in [-0.05, 0) is 11.8 Å². The van der Waals surface area contributed by atoms with Crippen LogP contribution in [0.25, 0.3) is 0 Å². The molecule has 92 valence electrons. The minimum Gasteiger partial charge on any atom is -0.0735 e. The zero-order valence-corrected chi connectivity index (χ0v) is 11.8. The molecule has 2 aliphatic rings. The molecule has 2 atom stereocenters. The van der Waals surface area contributed by atoms with E-state index in [1.54, 1.807) is 0 Å². The van der Waals surface area contributed by atoms with Crippen LogP contribution in [-0.4, -0.2) is 6.71 Å². The molecule has 0 nitrogen and oxygen atoms in total. The van der Waals surface area contributed by atoms with E-state index in [0.29, 0.717) is 5.31 Å². The van der Waals surface area contributed by atoms with Crippen LogP contribution < -0.4 is 0 Å². The van der Waals surface area contributed by atoms with Gasteiger partial charge in [0.1, 0.15) is 6.71 Å². The molecule has 1 heterocycles. The molecule has 0 spiro atoms. The van der Waals surface area contributed by atoms with Crippen LogP contribution in [0.3, 0.4) is 0 Å². The molecule has 1 aliphatic heterocycles.